The molecule has 0 atom stereocenters. The van der Waals surface area contributed by atoms with Gasteiger partial charge in [-0.2, -0.15) is 0 Å². The van der Waals surface area contributed by atoms with Crippen molar-refractivity contribution >= 4 is 29.4 Å². The molecule has 1 aromatic carbocycles. The normalized spacial score (nSPS) is 11.2. The molecule has 14 nitrogen and oxygen atoms in total. The molecule has 0 radical (unpaired) electrons. The van der Waals surface area contributed by atoms with Crippen molar-refractivity contribution < 1.29 is 38.9 Å². The standard InChI is InChI=1S/C31H38N4O10S/c1-2-3-10-29-32-22-27(20-26(21-28-9-8-19-46-28)31(37)43-16-5-7-18-45-35(40)41)33(29)23-24-11-13-25(14-12-24)30(36)42-15-4-6-17-44-34(38)39/h8-9,11-14,19-20,22H,2-7,10,15-18,21,23H2,1H3. The largest absolute Gasteiger partial charge is 0.462 e. The minimum Gasteiger partial charge on any atom is -0.462 e. The predicted octanol–water partition coefficient (Wildman–Crippen LogP) is 5.64. The summed E-state index contributed by atoms with van der Waals surface area (Å²) in [6.07, 6.45) is 8.21. The Kier molecular flexibility index (Phi) is 15.2. The van der Waals surface area contributed by atoms with Crippen LogP contribution in [0.2, 0.25) is 0 Å². The van der Waals surface area contributed by atoms with Crippen molar-refractivity contribution in [3.63, 3.8) is 0 Å². The molecule has 0 spiro atoms. The molecule has 0 N–H and O–H groups in total. The van der Waals surface area contributed by atoms with Crippen LogP contribution in [0.5, 0.6) is 0 Å². The number of nitrogens with zero attached hydrogens (tertiary/aromatic N) is 4. The van der Waals surface area contributed by atoms with Gasteiger partial charge in [-0.3, -0.25) is 0 Å². The fourth-order valence-corrected chi connectivity index (χ4v) is 5.07. The number of esters is 2. The van der Waals surface area contributed by atoms with Crippen LogP contribution in [0.15, 0.2) is 53.5 Å². The van der Waals surface area contributed by atoms with E-state index in [1.807, 2.05) is 34.2 Å². The van der Waals surface area contributed by atoms with E-state index in [-0.39, 0.29) is 26.4 Å². The molecule has 3 rings (SSSR count). The van der Waals surface area contributed by atoms with Gasteiger partial charge in [-0.15, -0.1) is 31.6 Å². The molecule has 0 saturated carbocycles. The van der Waals surface area contributed by atoms with E-state index in [0.29, 0.717) is 49.8 Å². The van der Waals surface area contributed by atoms with Crippen molar-refractivity contribution in [1.29, 1.82) is 0 Å². The van der Waals surface area contributed by atoms with Crippen LogP contribution in [0.25, 0.3) is 6.08 Å². The monoisotopic (exact) mass is 658 g/mol. The first-order valence-electron chi connectivity index (χ1n) is 15.0. The Bertz CT molecular complexity index is 1440. The van der Waals surface area contributed by atoms with Gasteiger partial charge < -0.3 is 23.7 Å². The number of ether oxygens (including phenoxy) is 2. The summed E-state index contributed by atoms with van der Waals surface area (Å²) in [7, 11) is 0. The van der Waals surface area contributed by atoms with Gasteiger partial charge in [0, 0.05) is 29.8 Å². The van der Waals surface area contributed by atoms with Crippen molar-refractivity contribution in [1.82, 2.24) is 9.55 Å². The number of aryl methyl sites for hydroxylation is 1. The average Bonchev–Trinajstić information content (AvgIpc) is 3.69. The van der Waals surface area contributed by atoms with E-state index in [1.54, 1.807) is 24.4 Å². The van der Waals surface area contributed by atoms with Crippen LogP contribution >= 0.6 is 11.3 Å². The third kappa shape index (κ3) is 12.7. The third-order valence-corrected chi connectivity index (χ3v) is 7.60. The third-order valence-electron chi connectivity index (χ3n) is 6.72. The van der Waals surface area contributed by atoms with Crippen LogP contribution in [0.1, 0.15) is 77.8 Å². The number of thiophene rings is 1. The molecule has 0 aliphatic carbocycles. The highest BCUT2D eigenvalue weighted by molar-refractivity contribution is 7.09. The van der Waals surface area contributed by atoms with E-state index in [0.717, 1.165) is 41.2 Å². The minimum atomic E-state index is -0.854. The fourth-order valence-electron chi connectivity index (χ4n) is 4.34. The zero-order chi connectivity index (χ0) is 33.1. The lowest BCUT2D eigenvalue weighted by atomic mass is 10.1. The Balaban J connectivity index is 1.72. The highest BCUT2D eigenvalue weighted by Gasteiger charge is 2.17. The van der Waals surface area contributed by atoms with Gasteiger partial charge in [-0.1, -0.05) is 31.5 Å². The lowest BCUT2D eigenvalue weighted by Crippen LogP contribution is -2.13. The zero-order valence-corrected chi connectivity index (χ0v) is 26.5. The minimum absolute atomic E-state index is 0.0503. The number of rotatable bonds is 22. The van der Waals surface area contributed by atoms with Crippen LogP contribution in [0.3, 0.4) is 0 Å². The number of carbonyl (C=O) groups excluding carboxylic acids is 2. The predicted molar refractivity (Wildman–Crippen MR) is 168 cm³/mol. The maximum Gasteiger partial charge on any atom is 0.338 e. The topological polar surface area (TPSA) is 175 Å². The molecule has 15 heteroatoms. The molecule has 0 amide bonds. The maximum atomic E-state index is 13.2. The molecule has 2 aromatic heterocycles. The van der Waals surface area contributed by atoms with Crippen molar-refractivity contribution in [2.24, 2.45) is 0 Å². The summed E-state index contributed by atoms with van der Waals surface area (Å²) in [4.78, 5) is 60.4. The van der Waals surface area contributed by atoms with E-state index in [4.69, 9.17) is 9.47 Å². The van der Waals surface area contributed by atoms with E-state index in [2.05, 4.69) is 21.6 Å². The van der Waals surface area contributed by atoms with E-state index < -0.39 is 22.1 Å². The van der Waals surface area contributed by atoms with Gasteiger partial charge in [-0.25, -0.2) is 14.6 Å². The van der Waals surface area contributed by atoms with Crippen molar-refractivity contribution in [3.8, 4) is 0 Å². The molecule has 0 bridgehead atoms. The van der Waals surface area contributed by atoms with Gasteiger partial charge in [0.15, 0.2) is 0 Å². The number of imidazole rings is 1. The van der Waals surface area contributed by atoms with Gasteiger partial charge >= 0.3 is 11.9 Å². The molecule has 248 valence electrons. The quantitative estimate of drug-likeness (QED) is 0.0429. The maximum absolute atomic E-state index is 13.2. The average molecular weight is 659 g/mol. The van der Waals surface area contributed by atoms with Crippen LogP contribution in [-0.4, -0.2) is 58.1 Å². The van der Waals surface area contributed by atoms with Gasteiger partial charge in [-0.05, 0) is 67.3 Å². The molecule has 0 aliphatic heterocycles. The summed E-state index contributed by atoms with van der Waals surface area (Å²) < 4.78 is 12.8. The van der Waals surface area contributed by atoms with Gasteiger partial charge in [0.25, 0.3) is 10.2 Å². The van der Waals surface area contributed by atoms with Gasteiger partial charge in [0.1, 0.15) is 5.82 Å². The Morgan fingerprint density at radius 2 is 1.57 bits per heavy atom. The Morgan fingerprint density at radius 3 is 2.17 bits per heavy atom. The highest BCUT2D eigenvalue weighted by Crippen LogP contribution is 2.21. The Labute approximate surface area is 270 Å². The molecule has 0 unspecified atom stereocenters. The number of hydrogen-bond donors (Lipinski definition) is 0. The second-order valence-corrected chi connectivity index (χ2v) is 11.2. The Hall–Kier alpha value is -4.79. The van der Waals surface area contributed by atoms with Crippen molar-refractivity contribution in [2.45, 2.75) is 64.8 Å². The smallest absolute Gasteiger partial charge is 0.338 e. The summed E-state index contributed by atoms with van der Waals surface area (Å²) in [5.41, 5.74) is 2.49. The van der Waals surface area contributed by atoms with Crippen molar-refractivity contribution in [2.75, 3.05) is 26.4 Å². The Morgan fingerprint density at radius 1 is 0.913 bits per heavy atom. The number of carbonyl (C=O) groups is 2. The van der Waals surface area contributed by atoms with Crippen LogP contribution < -0.4 is 0 Å². The molecular formula is C31H38N4O10S. The first-order valence-corrected chi connectivity index (χ1v) is 15.9. The lowest BCUT2D eigenvalue weighted by Gasteiger charge is -2.13. The van der Waals surface area contributed by atoms with E-state index >= 15 is 0 Å². The summed E-state index contributed by atoms with van der Waals surface area (Å²) >= 11 is 1.53. The fraction of sp³-hybridized carbons (Fsp3) is 0.452. The molecule has 46 heavy (non-hydrogen) atoms. The second kappa shape index (κ2) is 19.6. The van der Waals surface area contributed by atoms with Crippen LogP contribution in [0.4, 0.5) is 0 Å². The summed E-state index contributed by atoms with van der Waals surface area (Å²) in [6.45, 7) is 2.67. The first kappa shape index (κ1) is 35.7. The SMILES string of the molecule is CCCCc1ncc(C=C(Cc2cccs2)C(=O)OCCCCO[N+](=O)[O-])n1Cc1ccc(C(=O)OCCCCO[N+](=O)[O-])cc1. The second-order valence-electron chi connectivity index (χ2n) is 10.2. The number of unbranched alkanes of at least 4 members (excludes halogenated alkanes) is 3. The summed E-state index contributed by atoms with van der Waals surface area (Å²) in [6, 6.07) is 10.9. The number of benzene rings is 1. The van der Waals surface area contributed by atoms with Crippen LogP contribution in [0, 0.1) is 20.2 Å². The van der Waals surface area contributed by atoms with E-state index in [9.17, 15) is 29.8 Å². The first-order chi connectivity index (χ1) is 22.3. The van der Waals surface area contributed by atoms with E-state index in [1.165, 1.54) is 11.3 Å². The molecule has 2 heterocycles. The van der Waals surface area contributed by atoms with Gasteiger partial charge in [0.05, 0.1) is 43.9 Å². The molecule has 0 saturated heterocycles. The number of aromatic nitrogens is 2. The molecular weight excluding hydrogens is 620 g/mol. The lowest BCUT2D eigenvalue weighted by molar-refractivity contribution is -0.757. The molecule has 0 aliphatic rings. The molecule has 0 fully saturated rings. The molecule has 3 aromatic rings. The van der Waals surface area contributed by atoms with Crippen molar-refractivity contribution in [3.05, 3.63) is 101 Å². The zero-order valence-electron chi connectivity index (χ0n) is 25.7. The van der Waals surface area contributed by atoms with Gasteiger partial charge in [0.2, 0.25) is 0 Å². The van der Waals surface area contributed by atoms with Crippen LogP contribution in [-0.2, 0) is 43.3 Å². The highest BCUT2D eigenvalue weighted by atomic mass is 32.1. The number of hydrogen-bond acceptors (Lipinski definition) is 12. The summed E-state index contributed by atoms with van der Waals surface area (Å²) in [5.74, 6) is -0.0921. The summed E-state index contributed by atoms with van der Waals surface area (Å²) in [5, 5.41) is 20.8.